The Labute approximate surface area is 205 Å². The molecule has 9 heteroatoms. The fourth-order valence-electron chi connectivity index (χ4n) is 5.19. The maximum absolute atomic E-state index is 13.1. The van der Waals surface area contributed by atoms with Crippen molar-refractivity contribution in [2.24, 2.45) is 5.92 Å². The molecule has 1 aromatic carbocycles. The number of piperidine rings is 1. The number of hydrazine groups is 1. The minimum absolute atomic E-state index is 0.00496. The molecule has 5 rings (SSSR count). The van der Waals surface area contributed by atoms with Gasteiger partial charge in [-0.05, 0) is 61.2 Å². The molecule has 0 radical (unpaired) electrons. The second kappa shape index (κ2) is 10.3. The number of amides is 2. The summed E-state index contributed by atoms with van der Waals surface area (Å²) in [5.41, 5.74) is 8.66. The molecule has 4 heterocycles. The molecule has 0 aliphatic carbocycles. The van der Waals surface area contributed by atoms with Crippen LogP contribution in [0.15, 0.2) is 48.8 Å². The zero-order valence-electron chi connectivity index (χ0n) is 19.2. The Balaban J connectivity index is 1.08. The minimum Gasteiger partial charge on any atom is -0.368 e. The van der Waals surface area contributed by atoms with E-state index in [4.69, 9.17) is 11.6 Å². The van der Waals surface area contributed by atoms with Crippen LogP contribution in [0.4, 0.5) is 5.69 Å². The number of anilines is 1. The molecule has 2 atom stereocenters. The van der Waals surface area contributed by atoms with Gasteiger partial charge in [-0.2, -0.15) is 0 Å². The smallest absolute Gasteiger partial charge is 0.241 e. The van der Waals surface area contributed by atoms with E-state index < -0.39 is 0 Å². The molecule has 3 fully saturated rings. The third-order valence-electron chi connectivity index (χ3n) is 7.25. The number of hydrogen-bond acceptors (Lipinski definition) is 6. The van der Waals surface area contributed by atoms with Crippen molar-refractivity contribution in [2.45, 2.75) is 31.3 Å². The first-order valence-corrected chi connectivity index (χ1v) is 12.5. The zero-order chi connectivity index (χ0) is 23.5. The van der Waals surface area contributed by atoms with Crippen LogP contribution in [0, 0.1) is 5.92 Å². The van der Waals surface area contributed by atoms with E-state index in [2.05, 4.69) is 20.7 Å². The van der Waals surface area contributed by atoms with Gasteiger partial charge in [0.1, 0.15) is 6.04 Å². The maximum Gasteiger partial charge on any atom is 0.241 e. The summed E-state index contributed by atoms with van der Waals surface area (Å²) in [7, 11) is 0. The van der Waals surface area contributed by atoms with Gasteiger partial charge in [-0.25, -0.2) is 10.9 Å². The second-order valence-electron chi connectivity index (χ2n) is 9.30. The number of piperazine rings is 1. The number of nitrogens with one attached hydrogen (secondary N) is 2. The molecule has 2 N–H and O–H groups in total. The predicted octanol–water partition coefficient (Wildman–Crippen LogP) is 2.23. The number of halogens is 1. The molecule has 2 aromatic rings. The number of aromatic nitrogens is 1. The van der Waals surface area contributed by atoms with Gasteiger partial charge in [0, 0.05) is 74.3 Å². The summed E-state index contributed by atoms with van der Waals surface area (Å²) in [4.78, 5) is 36.4. The summed E-state index contributed by atoms with van der Waals surface area (Å²) < 4.78 is 0. The summed E-state index contributed by atoms with van der Waals surface area (Å²) in [6, 6.07) is 11.7. The summed E-state index contributed by atoms with van der Waals surface area (Å²) in [6.07, 6.45) is 5.71. The van der Waals surface area contributed by atoms with Crippen molar-refractivity contribution >= 4 is 29.1 Å². The van der Waals surface area contributed by atoms with Crippen LogP contribution in [0.2, 0.25) is 5.02 Å². The molecule has 34 heavy (non-hydrogen) atoms. The molecule has 2 amide bonds. The topological polar surface area (TPSA) is 80.8 Å². The van der Waals surface area contributed by atoms with Gasteiger partial charge in [0.25, 0.3) is 0 Å². The molecule has 3 saturated heterocycles. The summed E-state index contributed by atoms with van der Waals surface area (Å²) in [6.45, 7) is 4.38. The SMILES string of the molecule is O=C(C1CCN(C(=O)C2CC(c3ccncc3)NN2)CC1)N1CCN(c2ccc(Cl)cc2)CC1. The van der Waals surface area contributed by atoms with Crippen LogP contribution in [-0.2, 0) is 9.59 Å². The molecule has 8 nitrogen and oxygen atoms in total. The number of pyridine rings is 1. The van der Waals surface area contributed by atoms with Gasteiger partial charge in [0.05, 0.1) is 0 Å². The molecule has 3 aliphatic heterocycles. The van der Waals surface area contributed by atoms with Crippen molar-refractivity contribution in [3.63, 3.8) is 0 Å². The molecule has 0 saturated carbocycles. The molecule has 0 spiro atoms. The Bertz CT molecular complexity index is 988. The van der Waals surface area contributed by atoms with Crippen molar-refractivity contribution in [3.05, 3.63) is 59.4 Å². The van der Waals surface area contributed by atoms with Crippen molar-refractivity contribution in [1.29, 1.82) is 0 Å². The molecule has 1 aromatic heterocycles. The highest BCUT2D eigenvalue weighted by atomic mass is 35.5. The Morgan fingerprint density at radius 3 is 2.15 bits per heavy atom. The average molecular weight is 483 g/mol. The minimum atomic E-state index is -0.244. The van der Waals surface area contributed by atoms with Gasteiger partial charge in [0.15, 0.2) is 0 Å². The van der Waals surface area contributed by atoms with E-state index in [1.165, 1.54) is 0 Å². The first-order chi connectivity index (χ1) is 16.6. The van der Waals surface area contributed by atoms with E-state index in [-0.39, 0.29) is 29.8 Å². The predicted molar refractivity (Wildman–Crippen MR) is 131 cm³/mol. The number of hydrogen-bond donors (Lipinski definition) is 2. The normalized spacial score (nSPS) is 23.9. The Morgan fingerprint density at radius 2 is 1.47 bits per heavy atom. The summed E-state index contributed by atoms with van der Waals surface area (Å²) in [5.74, 6) is 0.359. The fourth-order valence-corrected chi connectivity index (χ4v) is 5.32. The lowest BCUT2D eigenvalue weighted by molar-refractivity contribution is -0.141. The van der Waals surface area contributed by atoms with Gasteiger partial charge in [-0.3, -0.25) is 14.6 Å². The molecule has 3 aliphatic rings. The number of likely N-dealkylation sites (tertiary alicyclic amines) is 1. The van der Waals surface area contributed by atoms with Crippen molar-refractivity contribution < 1.29 is 9.59 Å². The van der Waals surface area contributed by atoms with Crippen LogP contribution in [0.25, 0.3) is 0 Å². The Kier molecular flexibility index (Phi) is 6.99. The maximum atomic E-state index is 13.1. The number of rotatable bonds is 4. The molecular formula is C25H31ClN6O2. The van der Waals surface area contributed by atoms with Crippen LogP contribution in [0.5, 0.6) is 0 Å². The van der Waals surface area contributed by atoms with Crippen LogP contribution < -0.4 is 15.8 Å². The largest absolute Gasteiger partial charge is 0.368 e. The third-order valence-corrected chi connectivity index (χ3v) is 7.50. The van der Waals surface area contributed by atoms with Crippen LogP contribution >= 0.6 is 11.6 Å². The van der Waals surface area contributed by atoms with Crippen molar-refractivity contribution in [2.75, 3.05) is 44.2 Å². The quantitative estimate of drug-likeness (QED) is 0.695. The highest BCUT2D eigenvalue weighted by molar-refractivity contribution is 6.30. The monoisotopic (exact) mass is 482 g/mol. The standard InChI is InChI=1S/C25H31ClN6O2/c26-20-1-3-21(4-2-20)30-13-15-32(16-14-30)24(33)19-7-11-31(12-8-19)25(34)23-17-22(28-29-23)18-5-9-27-10-6-18/h1-6,9-10,19,22-23,28-29H,7-8,11-17H2. The van der Waals surface area contributed by atoms with Crippen LogP contribution in [0.1, 0.15) is 30.9 Å². The van der Waals surface area contributed by atoms with Crippen LogP contribution in [-0.4, -0.2) is 71.9 Å². The number of benzene rings is 1. The van der Waals surface area contributed by atoms with Gasteiger partial charge in [-0.15, -0.1) is 0 Å². The second-order valence-corrected chi connectivity index (χ2v) is 9.73. The lowest BCUT2D eigenvalue weighted by Gasteiger charge is -2.39. The molecular weight excluding hydrogens is 452 g/mol. The first kappa shape index (κ1) is 23.1. The van der Waals surface area contributed by atoms with Gasteiger partial charge in [-0.1, -0.05) is 11.6 Å². The molecule has 2 unspecified atom stereocenters. The number of nitrogens with zero attached hydrogens (tertiary/aromatic N) is 4. The summed E-state index contributed by atoms with van der Waals surface area (Å²) in [5, 5.41) is 0.732. The number of carbonyl (C=O) groups excluding carboxylic acids is 2. The van der Waals surface area contributed by atoms with E-state index in [0.717, 1.165) is 55.3 Å². The summed E-state index contributed by atoms with van der Waals surface area (Å²) >= 11 is 6.00. The lowest BCUT2D eigenvalue weighted by Crippen LogP contribution is -2.53. The highest BCUT2D eigenvalue weighted by Gasteiger charge is 2.36. The van der Waals surface area contributed by atoms with Gasteiger partial charge in [0.2, 0.25) is 11.8 Å². The zero-order valence-corrected chi connectivity index (χ0v) is 20.0. The van der Waals surface area contributed by atoms with E-state index in [1.807, 2.05) is 46.2 Å². The number of carbonyl (C=O) groups is 2. The fraction of sp³-hybridized carbons (Fsp3) is 0.480. The highest BCUT2D eigenvalue weighted by Crippen LogP contribution is 2.26. The van der Waals surface area contributed by atoms with Gasteiger partial charge >= 0.3 is 0 Å². The van der Waals surface area contributed by atoms with Crippen molar-refractivity contribution in [3.8, 4) is 0 Å². The van der Waals surface area contributed by atoms with Crippen molar-refractivity contribution in [1.82, 2.24) is 25.6 Å². The average Bonchev–Trinajstić information content (AvgIpc) is 3.40. The van der Waals surface area contributed by atoms with E-state index in [1.54, 1.807) is 12.4 Å². The Hall–Kier alpha value is -2.68. The third kappa shape index (κ3) is 5.04. The molecule has 0 bridgehead atoms. The van der Waals surface area contributed by atoms with Gasteiger partial charge < -0.3 is 14.7 Å². The van der Waals surface area contributed by atoms with E-state index in [9.17, 15) is 9.59 Å². The van der Waals surface area contributed by atoms with E-state index >= 15 is 0 Å². The lowest BCUT2D eigenvalue weighted by atomic mass is 9.94. The van der Waals surface area contributed by atoms with Crippen LogP contribution in [0.3, 0.4) is 0 Å². The van der Waals surface area contributed by atoms with E-state index in [0.29, 0.717) is 19.5 Å². The first-order valence-electron chi connectivity index (χ1n) is 12.1. The molecule has 180 valence electrons. The Morgan fingerprint density at radius 1 is 0.824 bits per heavy atom.